The summed E-state index contributed by atoms with van der Waals surface area (Å²) in [6, 6.07) is 13.2. The lowest BCUT2D eigenvalue weighted by Crippen LogP contribution is -2.12. The number of halogens is 1. The predicted molar refractivity (Wildman–Crippen MR) is 99.6 cm³/mol. The highest BCUT2D eigenvalue weighted by Gasteiger charge is 2.11. The van der Waals surface area contributed by atoms with Crippen molar-refractivity contribution in [2.45, 2.75) is 0 Å². The molecule has 3 rings (SSSR count). The Bertz CT molecular complexity index is 910. The van der Waals surface area contributed by atoms with E-state index in [1.54, 1.807) is 20.4 Å². The fourth-order valence-corrected chi connectivity index (χ4v) is 2.70. The van der Waals surface area contributed by atoms with Gasteiger partial charge in [-0.15, -0.1) is 11.6 Å². The summed E-state index contributed by atoms with van der Waals surface area (Å²) >= 11 is 5.50. The van der Waals surface area contributed by atoms with E-state index in [9.17, 15) is 4.79 Å². The minimum atomic E-state index is -0.241. The van der Waals surface area contributed by atoms with Crippen LogP contribution < -0.4 is 14.8 Å². The van der Waals surface area contributed by atoms with Crippen LogP contribution in [0.15, 0.2) is 48.7 Å². The zero-order valence-electron chi connectivity index (χ0n) is 13.9. The average molecular weight is 357 g/mol. The molecule has 0 fully saturated rings. The van der Waals surface area contributed by atoms with Crippen molar-refractivity contribution in [2.24, 2.45) is 0 Å². The van der Waals surface area contributed by atoms with E-state index in [4.69, 9.17) is 21.1 Å². The number of hydrogen-bond donors (Lipinski definition) is 1. The van der Waals surface area contributed by atoms with Gasteiger partial charge < -0.3 is 14.8 Å². The molecule has 1 amide bonds. The normalized spacial score (nSPS) is 10.5. The Morgan fingerprint density at radius 1 is 1.08 bits per heavy atom. The molecule has 1 aromatic heterocycles. The number of carbonyl (C=O) groups is 1. The molecule has 0 unspecified atom stereocenters. The van der Waals surface area contributed by atoms with Crippen LogP contribution in [-0.4, -0.2) is 31.0 Å². The summed E-state index contributed by atoms with van der Waals surface area (Å²) in [5, 5.41) is 4.67. The second kappa shape index (κ2) is 7.40. The summed E-state index contributed by atoms with van der Waals surface area (Å²) in [6.07, 6.45) is 1.76. The third-order valence-corrected chi connectivity index (χ3v) is 4.07. The van der Waals surface area contributed by atoms with E-state index in [1.165, 1.54) is 0 Å². The first kappa shape index (κ1) is 17.0. The van der Waals surface area contributed by atoms with Gasteiger partial charge in [0.1, 0.15) is 5.88 Å². The monoisotopic (exact) mass is 356 g/mol. The van der Waals surface area contributed by atoms with Crippen molar-refractivity contribution >= 4 is 34.0 Å². The molecule has 5 nitrogen and oxygen atoms in total. The fourth-order valence-electron chi connectivity index (χ4n) is 2.64. The zero-order chi connectivity index (χ0) is 17.8. The van der Waals surface area contributed by atoms with E-state index in [2.05, 4.69) is 10.3 Å². The Balaban J connectivity index is 2.04. The van der Waals surface area contributed by atoms with E-state index < -0.39 is 0 Å². The molecule has 1 heterocycles. The molecule has 0 saturated carbocycles. The summed E-state index contributed by atoms with van der Waals surface area (Å²) < 4.78 is 10.8. The highest BCUT2D eigenvalue weighted by atomic mass is 35.5. The molecule has 0 saturated heterocycles. The Kier molecular flexibility index (Phi) is 5.05. The van der Waals surface area contributed by atoms with E-state index in [1.807, 2.05) is 42.5 Å². The largest absolute Gasteiger partial charge is 0.493 e. The number of ether oxygens (including phenoxy) is 2. The smallest absolute Gasteiger partial charge is 0.239 e. The van der Waals surface area contributed by atoms with Crippen LogP contribution in [0.1, 0.15) is 0 Å². The molecular weight excluding hydrogens is 340 g/mol. The van der Waals surface area contributed by atoms with Crippen molar-refractivity contribution in [3.8, 4) is 22.8 Å². The highest BCUT2D eigenvalue weighted by Crippen LogP contribution is 2.36. The lowest BCUT2D eigenvalue weighted by atomic mass is 10.0. The number of carbonyl (C=O) groups excluding carboxylic acids is 1. The van der Waals surface area contributed by atoms with Gasteiger partial charge in [-0.1, -0.05) is 12.1 Å². The molecule has 0 atom stereocenters. The van der Waals surface area contributed by atoms with Crippen molar-refractivity contribution in [3.05, 3.63) is 48.7 Å². The molecule has 0 spiro atoms. The van der Waals surface area contributed by atoms with Gasteiger partial charge in [-0.2, -0.15) is 0 Å². The third kappa shape index (κ3) is 3.51. The number of amides is 1. The first-order valence-corrected chi connectivity index (χ1v) is 8.16. The highest BCUT2D eigenvalue weighted by molar-refractivity contribution is 6.29. The number of hydrogen-bond acceptors (Lipinski definition) is 4. The molecule has 0 bridgehead atoms. The van der Waals surface area contributed by atoms with Gasteiger partial charge in [-0.05, 0) is 35.7 Å². The SMILES string of the molecule is COc1cc2ccnc(-c3ccc(NC(=O)CCl)cc3)c2cc1OC. The molecular formula is C19H17ClN2O3. The van der Waals surface area contributed by atoms with Crippen LogP contribution in [0.25, 0.3) is 22.0 Å². The summed E-state index contributed by atoms with van der Waals surface area (Å²) in [5.74, 6) is 1.00. The topological polar surface area (TPSA) is 60.5 Å². The fraction of sp³-hybridized carbons (Fsp3) is 0.158. The minimum Gasteiger partial charge on any atom is -0.493 e. The van der Waals surface area contributed by atoms with Crippen molar-refractivity contribution in [1.29, 1.82) is 0 Å². The maximum Gasteiger partial charge on any atom is 0.239 e. The molecule has 0 radical (unpaired) electrons. The molecule has 25 heavy (non-hydrogen) atoms. The van der Waals surface area contributed by atoms with Gasteiger partial charge in [0.15, 0.2) is 11.5 Å². The number of fused-ring (bicyclic) bond motifs is 1. The summed E-state index contributed by atoms with van der Waals surface area (Å²) in [6.45, 7) is 0. The number of aromatic nitrogens is 1. The molecule has 3 aromatic rings. The number of nitrogens with one attached hydrogen (secondary N) is 1. The molecule has 6 heteroatoms. The Labute approximate surface area is 150 Å². The van der Waals surface area contributed by atoms with Crippen LogP contribution in [0.4, 0.5) is 5.69 Å². The molecule has 2 aromatic carbocycles. The number of anilines is 1. The van der Waals surface area contributed by atoms with E-state index in [-0.39, 0.29) is 11.8 Å². The Morgan fingerprint density at radius 2 is 1.76 bits per heavy atom. The summed E-state index contributed by atoms with van der Waals surface area (Å²) in [4.78, 5) is 15.9. The van der Waals surface area contributed by atoms with Crippen molar-refractivity contribution in [3.63, 3.8) is 0 Å². The Morgan fingerprint density at radius 3 is 2.40 bits per heavy atom. The van der Waals surface area contributed by atoms with Gasteiger partial charge >= 0.3 is 0 Å². The quantitative estimate of drug-likeness (QED) is 0.699. The molecule has 0 aliphatic rings. The van der Waals surface area contributed by atoms with Gasteiger partial charge in [0, 0.05) is 22.8 Å². The van der Waals surface area contributed by atoms with Crippen molar-refractivity contribution in [2.75, 3.05) is 25.4 Å². The number of rotatable bonds is 5. The maximum absolute atomic E-state index is 11.4. The molecule has 1 N–H and O–H groups in total. The van der Waals surface area contributed by atoms with Crippen LogP contribution in [-0.2, 0) is 4.79 Å². The number of methoxy groups -OCH3 is 2. The zero-order valence-corrected chi connectivity index (χ0v) is 14.6. The van der Waals surface area contributed by atoms with Crippen LogP contribution in [0.3, 0.4) is 0 Å². The summed E-state index contributed by atoms with van der Waals surface area (Å²) in [7, 11) is 3.22. The molecule has 0 aliphatic heterocycles. The van der Waals surface area contributed by atoms with Crippen molar-refractivity contribution in [1.82, 2.24) is 4.98 Å². The van der Waals surface area contributed by atoms with Gasteiger partial charge in [0.2, 0.25) is 5.91 Å². The van der Waals surface area contributed by atoms with E-state index in [0.717, 1.165) is 22.0 Å². The van der Waals surface area contributed by atoms with Crippen LogP contribution in [0, 0.1) is 0 Å². The van der Waals surface area contributed by atoms with Crippen LogP contribution >= 0.6 is 11.6 Å². The lowest BCUT2D eigenvalue weighted by Gasteiger charge is -2.12. The summed E-state index contributed by atoms with van der Waals surface area (Å²) in [5.41, 5.74) is 2.45. The second-order valence-corrected chi connectivity index (χ2v) is 5.61. The predicted octanol–water partition coefficient (Wildman–Crippen LogP) is 4.10. The molecule has 128 valence electrons. The maximum atomic E-state index is 11.4. The van der Waals surface area contributed by atoms with Gasteiger partial charge in [0.25, 0.3) is 0 Å². The average Bonchev–Trinajstić information content (AvgIpc) is 2.66. The van der Waals surface area contributed by atoms with Crippen molar-refractivity contribution < 1.29 is 14.3 Å². The van der Waals surface area contributed by atoms with Gasteiger partial charge in [0.05, 0.1) is 19.9 Å². The third-order valence-electron chi connectivity index (χ3n) is 3.83. The number of alkyl halides is 1. The number of nitrogens with zero attached hydrogens (tertiary/aromatic N) is 1. The van der Waals surface area contributed by atoms with Gasteiger partial charge in [-0.3, -0.25) is 9.78 Å². The standard InChI is InChI=1S/C19H17ClN2O3/c1-24-16-9-13-7-8-21-19(15(13)10-17(16)25-2)12-3-5-14(6-4-12)22-18(23)11-20/h3-10H,11H2,1-2H3,(H,22,23). The van der Waals surface area contributed by atoms with Gasteiger partial charge in [-0.25, -0.2) is 0 Å². The van der Waals surface area contributed by atoms with Crippen LogP contribution in [0.2, 0.25) is 0 Å². The van der Waals surface area contributed by atoms with E-state index in [0.29, 0.717) is 17.2 Å². The molecule has 0 aliphatic carbocycles. The first-order valence-electron chi connectivity index (χ1n) is 7.63. The number of pyridine rings is 1. The van der Waals surface area contributed by atoms with E-state index >= 15 is 0 Å². The first-order chi connectivity index (χ1) is 12.2. The minimum absolute atomic E-state index is 0.0751. The second-order valence-electron chi connectivity index (χ2n) is 5.35. The van der Waals surface area contributed by atoms with Crippen LogP contribution in [0.5, 0.6) is 11.5 Å². The number of benzene rings is 2. The lowest BCUT2D eigenvalue weighted by molar-refractivity contribution is -0.113. The Hall–Kier alpha value is -2.79.